The van der Waals surface area contributed by atoms with Crippen molar-refractivity contribution in [3.05, 3.63) is 0 Å². The first kappa shape index (κ1) is 10.6. The molecule has 0 spiro atoms. The average molecular weight is 211 g/mol. The molecule has 2 aliphatic heterocycles. The molecule has 2 aliphatic rings. The summed E-state index contributed by atoms with van der Waals surface area (Å²) in [6, 6.07) is 0. The Bertz CT molecular complexity index is 307. The number of cyclic esters (lactones) is 1. The molecule has 2 heterocycles. The Morgan fingerprint density at radius 3 is 2.73 bits per heavy atom. The van der Waals surface area contributed by atoms with E-state index in [1.165, 1.54) is 0 Å². The third-order valence-corrected chi connectivity index (χ3v) is 3.26. The van der Waals surface area contributed by atoms with Crippen LogP contribution in [-0.4, -0.2) is 35.5 Å². The maximum atomic E-state index is 11.8. The Morgan fingerprint density at radius 1 is 1.53 bits per heavy atom. The quantitative estimate of drug-likeness (QED) is 0.368. The zero-order valence-electron chi connectivity index (χ0n) is 9.45. The van der Waals surface area contributed by atoms with E-state index in [4.69, 9.17) is 4.74 Å². The molecular weight excluding hydrogens is 194 g/mol. The molecule has 0 aromatic rings. The lowest BCUT2D eigenvalue weighted by Gasteiger charge is -2.33. The Hall–Kier alpha value is -0.900. The van der Waals surface area contributed by atoms with Gasteiger partial charge < -0.3 is 9.53 Å². The highest BCUT2D eigenvalue weighted by atomic mass is 16.6. The van der Waals surface area contributed by atoms with Gasteiger partial charge in [-0.15, -0.1) is 0 Å². The minimum Gasteiger partial charge on any atom is -0.444 e. The summed E-state index contributed by atoms with van der Waals surface area (Å²) in [5.41, 5.74) is -1.12. The van der Waals surface area contributed by atoms with E-state index in [1.807, 2.05) is 25.7 Å². The normalized spacial score (nSPS) is 36.5. The van der Waals surface area contributed by atoms with Crippen molar-refractivity contribution in [2.45, 2.75) is 45.4 Å². The second-order valence-electron chi connectivity index (χ2n) is 5.46. The van der Waals surface area contributed by atoms with Gasteiger partial charge in [0.15, 0.2) is 18.1 Å². The molecule has 1 unspecified atom stereocenters. The molecule has 0 bridgehead atoms. The van der Waals surface area contributed by atoms with Crippen molar-refractivity contribution in [3.63, 3.8) is 0 Å². The van der Waals surface area contributed by atoms with Crippen molar-refractivity contribution < 1.29 is 14.3 Å². The summed E-state index contributed by atoms with van der Waals surface area (Å²) in [4.78, 5) is 24.8. The highest BCUT2D eigenvalue weighted by Crippen LogP contribution is 2.42. The Kier molecular flexibility index (Phi) is 2.15. The van der Waals surface area contributed by atoms with Crippen molar-refractivity contribution in [1.82, 2.24) is 4.90 Å². The van der Waals surface area contributed by atoms with Crippen molar-refractivity contribution >= 4 is 12.3 Å². The third-order valence-electron chi connectivity index (χ3n) is 3.26. The van der Waals surface area contributed by atoms with E-state index in [-0.39, 0.29) is 17.6 Å². The Labute approximate surface area is 89.6 Å². The second kappa shape index (κ2) is 3.04. The molecule has 2 saturated heterocycles. The fourth-order valence-electron chi connectivity index (χ4n) is 2.49. The lowest BCUT2D eigenvalue weighted by atomic mass is 9.92. The molecule has 0 aromatic carbocycles. The van der Waals surface area contributed by atoms with Crippen LogP contribution in [0.15, 0.2) is 0 Å². The molecule has 0 amide bonds. The number of hydrogen-bond donors (Lipinski definition) is 0. The van der Waals surface area contributed by atoms with Gasteiger partial charge in [-0.3, -0.25) is 0 Å². The van der Waals surface area contributed by atoms with Gasteiger partial charge in [0, 0.05) is 12.0 Å². The van der Waals surface area contributed by atoms with Crippen LogP contribution in [0.25, 0.3) is 0 Å². The minimum absolute atomic E-state index is 0.148. The molecule has 0 aliphatic carbocycles. The molecule has 4 nitrogen and oxygen atoms in total. The van der Waals surface area contributed by atoms with Crippen LogP contribution in [0, 0.1) is 5.41 Å². The van der Waals surface area contributed by atoms with Gasteiger partial charge in [-0.2, -0.15) is 0 Å². The zero-order chi connectivity index (χ0) is 11.3. The molecule has 84 valence electrons. The van der Waals surface area contributed by atoms with Gasteiger partial charge >= 0.3 is 5.97 Å². The first-order chi connectivity index (χ1) is 6.92. The summed E-state index contributed by atoms with van der Waals surface area (Å²) in [6.07, 6.45) is 1.98. The highest BCUT2D eigenvalue weighted by Gasteiger charge is 2.60. The van der Waals surface area contributed by atoms with E-state index in [9.17, 15) is 9.59 Å². The number of carbonyl (C=O) groups is 2. The number of esters is 1. The third kappa shape index (κ3) is 1.31. The van der Waals surface area contributed by atoms with Gasteiger partial charge in [-0.05, 0) is 12.8 Å². The Balaban J connectivity index is 2.36. The van der Waals surface area contributed by atoms with Gasteiger partial charge in [0.05, 0.1) is 0 Å². The van der Waals surface area contributed by atoms with Crippen LogP contribution in [-0.2, 0) is 14.3 Å². The molecule has 0 aromatic heterocycles. The van der Waals surface area contributed by atoms with E-state index < -0.39 is 5.54 Å². The van der Waals surface area contributed by atoms with Gasteiger partial charge in [-0.25, -0.2) is 9.69 Å². The van der Waals surface area contributed by atoms with Crippen molar-refractivity contribution in [2.75, 3.05) is 6.54 Å². The average Bonchev–Trinajstić information content (AvgIpc) is 2.64. The van der Waals surface area contributed by atoms with Gasteiger partial charge in [0.1, 0.15) is 0 Å². The van der Waals surface area contributed by atoms with Crippen molar-refractivity contribution in [2.24, 2.45) is 5.41 Å². The van der Waals surface area contributed by atoms with Crippen LogP contribution in [0.1, 0.15) is 33.6 Å². The van der Waals surface area contributed by atoms with E-state index in [0.717, 1.165) is 19.3 Å². The van der Waals surface area contributed by atoms with Crippen LogP contribution in [0.2, 0.25) is 0 Å². The topological polar surface area (TPSA) is 46.6 Å². The van der Waals surface area contributed by atoms with Gasteiger partial charge in [0.2, 0.25) is 0 Å². The summed E-state index contributed by atoms with van der Waals surface area (Å²) < 4.78 is 5.34. The standard InChI is InChI=1S/C11H17NO3/c1-10(2,3)8-12-6-4-5-11(12,7-13)9(14)15-8/h7-8H,4-6H2,1-3H3/t8?,11-/m0/s1. The fraction of sp³-hybridized carbons (Fsp3) is 0.818. The lowest BCUT2D eigenvalue weighted by Crippen LogP contribution is -2.50. The highest BCUT2D eigenvalue weighted by molar-refractivity contribution is 6.00. The number of nitrogens with zero attached hydrogens (tertiary/aromatic N) is 1. The molecule has 2 fully saturated rings. The minimum atomic E-state index is -0.974. The number of ether oxygens (including phenoxy) is 1. The number of carbonyl (C=O) groups excluding carboxylic acids is 2. The monoisotopic (exact) mass is 211 g/mol. The number of fused-ring (bicyclic) bond motifs is 1. The van der Waals surface area contributed by atoms with Crippen molar-refractivity contribution in [3.8, 4) is 0 Å². The summed E-state index contributed by atoms with van der Waals surface area (Å²) in [7, 11) is 0. The zero-order valence-corrected chi connectivity index (χ0v) is 9.45. The first-order valence-corrected chi connectivity index (χ1v) is 5.36. The molecular formula is C11H17NO3. The molecule has 0 radical (unpaired) electrons. The first-order valence-electron chi connectivity index (χ1n) is 5.36. The van der Waals surface area contributed by atoms with E-state index in [0.29, 0.717) is 6.42 Å². The summed E-state index contributed by atoms with van der Waals surface area (Å²) >= 11 is 0. The molecule has 4 heteroatoms. The second-order valence-corrected chi connectivity index (χ2v) is 5.46. The largest absolute Gasteiger partial charge is 0.444 e. The fourth-order valence-corrected chi connectivity index (χ4v) is 2.49. The maximum Gasteiger partial charge on any atom is 0.335 e. The summed E-state index contributed by atoms with van der Waals surface area (Å²) in [6.45, 7) is 6.82. The van der Waals surface area contributed by atoms with Gasteiger partial charge in [-0.1, -0.05) is 20.8 Å². The molecule has 0 saturated carbocycles. The van der Waals surface area contributed by atoms with Gasteiger partial charge in [0.25, 0.3) is 0 Å². The maximum absolute atomic E-state index is 11.8. The molecule has 2 rings (SSSR count). The summed E-state index contributed by atoms with van der Waals surface area (Å²) in [5.74, 6) is -0.366. The van der Waals surface area contributed by atoms with Crippen molar-refractivity contribution in [1.29, 1.82) is 0 Å². The van der Waals surface area contributed by atoms with Crippen LogP contribution >= 0.6 is 0 Å². The molecule has 15 heavy (non-hydrogen) atoms. The van der Waals surface area contributed by atoms with Crippen LogP contribution in [0.3, 0.4) is 0 Å². The smallest absolute Gasteiger partial charge is 0.335 e. The summed E-state index contributed by atoms with van der Waals surface area (Å²) in [5, 5.41) is 0. The van der Waals surface area contributed by atoms with Crippen LogP contribution in [0.4, 0.5) is 0 Å². The van der Waals surface area contributed by atoms with Crippen LogP contribution in [0.5, 0.6) is 0 Å². The van der Waals surface area contributed by atoms with Crippen LogP contribution < -0.4 is 0 Å². The predicted molar refractivity (Wildman–Crippen MR) is 54.1 cm³/mol. The number of hydrogen-bond acceptors (Lipinski definition) is 4. The van der Waals surface area contributed by atoms with E-state index in [2.05, 4.69) is 0 Å². The van der Waals surface area contributed by atoms with E-state index >= 15 is 0 Å². The molecule has 0 N–H and O–H groups in total. The number of aldehydes is 1. The van der Waals surface area contributed by atoms with E-state index in [1.54, 1.807) is 0 Å². The predicted octanol–water partition coefficient (Wildman–Crippen LogP) is 0.949. The molecule has 2 atom stereocenters. The lowest BCUT2D eigenvalue weighted by molar-refractivity contribution is -0.150. The number of rotatable bonds is 1. The SMILES string of the molecule is CC(C)(C)C1OC(=O)[C@@]2(C=O)CCCN12. The Morgan fingerprint density at radius 2 is 2.20 bits per heavy atom.